The summed E-state index contributed by atoms with van der Waals surface area (Å²) in [6.07, 6.45) is 4.21. The van der Waals surface area contributed by atoms with Gasteiger partial charge in [-0.1, -0.05) is 33.3 Å². The minimum atomic E-state index is 0.513. The number of nitrogens with zero attached hydrogens (tertiary/aromatic N) is 1. The average molecular weight is 295 g/mol. The van der Waals surface area contributed by atoms with E-state index in [0.717, 1.165) is 12.5 Å². The van der Waals surface area contributed by atoms with Crippen LogP contribution in [0.5, 0.6) is 0 Å². The molecule has 20 heavy (non-hydrogen) atoms. The molecule has 1 aliphatic heterocycles. The molecule has 1 aliphatic rings. The van der Waals surface area contributed by atoms with Crippen molar-refractivity contribution in [3.8, 4) is 0 Å². The van der Waals surface area contributed by atoms with Gasteiger partial charge in [0.1, 0.15) is 0 Å². The van der Waals surface area contributed by atoms with E-state index in [0.29, 0.717) is 12.0 Å². The largest absolute Gasteiger partial charge is 0.309 e. The molecule has 114 valence electrons. The van der Waals surface area contributed by atoms with Gasteiger partial charge in [0, 0.05) is 17.5 Å². The van der Waals surface area contributed by atoms with Crippen LogP contribution in [0.25, 0.3) is 0 Å². The van der Waals surface area contributed by atoms with E-state index in [1.54, 1.807) is 0 Å². The van der Waals surface area contributed by atoms with Gasteiger partial charge in [0.25, 0.3) is 0 Å². The van der Waals surface area contributed by atoms with E-state index in [1.165, 1.54) is 43.8 Å². The third-order valence-electron chi connectivity index (χ3n) is 4.22. The molecule has 1 fully saturated rings. The van der Waals surface area contributed by atoms with Gasteiger partial charge in [-0.3, -0.25) is 0 Å². The summed E-state index contributed by atoms with van der Waals surface area (Å²) in [6, 6.07) is 4.94. The minimum absolute atomic E-state index is 0.513. The molecule has 0 bridgehead atoms. The van der Waals surface area contributed by atoms with Crippen molar-refractivity contribution >= 4 is 11.3 Å². The number of hydrogen-bond acceptors (Lipinski definition) is 3. The molecular formula is C17H30N2S. The van der Waals surface area contributed by atoms with Gasteiger partial charge < -0.3 is 10.2 Å². The molecule has 2 heterocycles. The summed E-state index contributed by atoms with van der Waals surface area (Å²) in [5.41, 5.74) is 0. The van der Waals surface area contributed by atoms with Crippen LogP contribution in [0, 0.1) is 11.8 Å². The molecule has 2 unspecified atom stereocenters. The highest BCUT2D eigenvalue weighted by molar-refractivity contribution is 7.10. The molecule has 2 nitrogen and oxygen atoms in total. The number of piperidine rings is 1. The summed E-state index contributed by atoms with van der Waals surface area (Å²) in [5.74, 6) is 1.38. The quantitative estimate of drug-likeness (QED) is 0.812. The Kier molecular flexibility index (Phi) is 6.53. The maximum Gasteiger partial charge on any atom is 0.0438 e. The molecule has 1 aromatic heterocycles. The first kappa shape index (κ1) is 16.0. The Morgan fingerprint density at radius 1 is 1.20 bits per heavy atom. The van der Waals surface area contributed by atoms with Crippen molar-refractivity contribution in [2.45, 2.75) is 46.1 Å². The van der Waals surface area contributed by atoms with Crippen molar-refractivity contribution in [2.24, 2.45) is 11.8 Å². The second-order valence-corrected chi connectivity index (χ2v) is 7.59. The van der Waals surface area contributed by atoms with Crippen LogP contribution in [0.4, 0.5) is 0 Å². The topological polar surface area (TPSA) is 15.3 Å². The summed E-state index contributed by atoms with van der Waals surface area (Å²) < 4.78 is 0. The zero-order chi connectivity index (χ0) is 14.4. The van der Waals surface area contributed by atoms with Crippen molar-refractivity contribution < 1.29 is 0 Å². The predicted octanol–water partition coefficient (Wildman–Crippen LogP) is 4.16. The number of thiophene rings is 1. The zero-order valence-electron chi connectivity index (χ0n) is 13.3. The zero-order valence-corrected chi connectivity index (χ0v) is 14.1. The van der Waals surface area contributed by atoms with Crippen LogP contribution in [-0.2, 0) is 0 Å². The standard InChI is InChI=1S/C17H30N2S/c1-14(2)17(16-8-7-11-20-16)18-12-15(3)13-19-9-5-4-6-10-19/h7-8,11,14-15,17-18H,4-6,9-10,12-13H2,1-3H3. The van der Waals surface area contributed by atoms with Crippen molar-refractivity contribution in [1.29, 1.82) is 0 Å². The number of nitrogens with one attached hydrogen (secondary N) is 1. The highest BCUT2D eigenvalue weighted by atomic mass is 32.1. The second-order valence-electron chi connectivity index (χ2n) is 6.61. The summed E-state index contributed by atoms with van der Waals surface area (Å²) in [7, 11) is 0. The molecule has 2 atom stereocenters. The van der Waals surface area contributed by atoms with Gasteiger partial charge in [-0.2, -0.15) is 0 Å². The van der Waals surface area contributed by atoms with Crippen LogP contribution in [-0.4, -0.2) is 31.1 Å². The predicted molar refractivity (Wildman–Crippen MR) is 89.4 cm³/mol. The molecule has 3 heteroatoms. The van der Waals surface area contributed by atoms with Crippen molar-refractivity contribution in [1.82, 2.24) is 10.2 Å². The van der Waals surface area contributed by atoms with E-state index in [-0.39, 0.29) is 0 Å². The van der Waals surface area contributed by atoms with E-state index < -0.39 is 0 Å². The Morgan fingerprint density at radius 2 is 1.95 bits per heavy atom. The number of hydrogen-bond donors (Lipinski definition) is 1. The molecule has 0 saturated carbocycles. The maximum absolute atomic E-state index is 3.79. The highest BCUT2D eigenvalue weighted by Crippen LogP contribution is 2.25. The smallest absolute Gasteiger partial charge is 0.0438 e. The first-order chi connectivity index (χ1) is 9.66. The lowest BCUT2D eigenvalue weighted by atomic mass is 10.0. The molecule has 0 radical (unpaired) electrons. The first-order valence-electron chi connectivity index (χ1n) is 8.16. The molecule has 1 aromatic rings. The summed E-state index contributed by atoms with van der Waals surface area (Å²) in [4.78, 5) is 4.12. The summed E-state index contributed by atoms with van der Waals surface area (Å²) >= 11 is 1.87. The normalized spacial score (nSPS) is 20.2. The van der Waals surface area contributed by atoms with Gasteiger partial charge in [-0.25, -0.2) is 0 Å². The van der Waals surface area contributed by atoms with Crippen LogP contribution in [0.3, 0.4) is 0 Å². The summed E-state index contributed by atoms with van der Waals surface area (Å²) in [6.45, 7) is 12.0. The average Bonchev–Trinajstić information content (AvgIpc) is 2.93. The van der Waals surface area contributed by atoms with Crippen molar-refractivity contribution in [2.75, 3.05) is 26.2 Å². The third-order valence-corrected chi connectivity index (χ3v) is 5.18. The fourth-order valence-corrected chi connectivity index (χ4v) is 4.08. The highest BCUT2D eigenvalue weighted by Gasteiger charge is 2.18. The second kappa shape index (κ2) is 8.16. The van der Waals surface area contributed by atoms with E-state index in [9.17, 15) is 0 Å². The van der Waals surface area contributed by atoms with Crippen molar-refractivity contribution in [3.63, 3.8) is 0 Å². The van der Waals surface area contributed by atoms with Crippen LogP contribution < -0.4 is 5.32 Å². The van der Waals surface area contributed by atoms with Crippen LogP contribution in [0.15, 0.2) is 17.5 Å². The Morgan fingerprint density at radius 3 is 2.55 bits per heavy atom. The lowest BCUT2D eigenvalue weighted by Crippen LogP contribution is -2.38. The molecular weight excluding hydrogens is 264 g/mol. The van der Waals surface area contributed by atoms with E-state index in [1.807, 2.05) is 11.3 Å². The van der Waals surface area contributed by atoms with Gasteiger partial charge in [0.2, 0.25) is 0 Å². The van der Waals surface area contributed by atoms with Crippen LogP contribution >= 0.6 is 11.3 Å². The minimum Gasteiger partial charge on any atom is -0.309 e. The van der Waals surface area contributed by atoms with Gasteiger partial charge in [0.05, 0.1) is 0 Å². The van der Waals surface area contributed by atoms with E-state index >= 15 is 0 Å². The molecule has 1 saturated heterocycles. The van der Waals surface area contributed by atoms with Gasteiger partial charge in [0.15, 0.2) is 0 Å². The van der Waals surface area contributed by atoms with Crippen LogP contribution in [0.1, 0.15) is 51.0 Å². The van der Waals surface area contributed by atoms with Crippen LogP contribution in [0.2, 0.25) is 0 Å². The maximum atomic E-state index is 3.79. The lowest BCUT2D eigenvalue weighted by molar-refractivity contribution is 0.195. The van der Waals surface area contributed by atoms with E-state index in [2.05, 4.69) is 48.5 Å². The molecule has 0 aliphatic carbocycles. The monoisotopic (exact) mass is 294 g/mol. The molecule has 2 rings (SSSR count). The molecule has 0 aromatic carbocycles. The third kappa shape index (κ3) is 4.87. The lowest BCUT2D eigenvalue weighted by Gasteiger charge is -2.30. The molecule has 0 amide bonds. The van der Waals surface area contributed by atoms with Gasteiger partial charge in [-0.05, 0) is 55.8 Å². The fourth-order valence-electron chi connectivity index (χ4n) is 3.11. The Labute approximate surface area is 128 Å². The first-order valence-corrected chi connectivity index (χ1v) is 9.04. The summed E-state index contributed by atoms with van der Waals surface area (Å²) in [5, 5.41) is 5.98. The SMILES string of the molecule is CC(CNC(c1cccs1)C(C)C)CN1CCCCC1. The van der Waals surface area contributed by atoms with Crippen molar-refractivity contribution in [3.05, 3.63) is 22.4 Å². The Balaban J connectivity index is 1.77. The molecule has 0 spiro atoms. The van der Waals surface area contributed by atoms with Gasteiger partial charge >= 0.3 is 0 Å². The fraction of sp³-hybridized carbons (Fsp3) is 0.765. The van der Waals surface area contributed by atoms with Gasteiger partial charge in [-0.15, -0.1) is 11.3 Å². The Bertz CT molecular complexity index is 355. The number of likely N-dealkylation sites (tertiary alicyclic amines) is 1. The Hall–Kier alpha value is -0.380. The molecule has 1 N–H and O–H groups in total. The van der Waals surface area contributed by atoms with E-state index in [4.69, 9.17) is 0 Å². The number of rotatable bonds is 7.